The Hall–Kier alpha value is -1.55. The highest BCUT2D eigenvalue weighted by Gasteiger charge is 2.19. The van der Waals surface area contributed by atoms with Crippen molar-refractivity contribution in [2.75, 3.05) is 7.05 Å². The molecule has 0 saturated carbocycles. The largest absolute Gasteiger partial charge is 0.348 e. The van der Waals surface area contributed by atoms with Crippen LogP contribution in [0.15, 0.2) is 24.9 Å². The Morgan fingerprint density at radius 3 is 2.95 bits per heavy atom. The van der Waals surface area contributed by atoms with Crippen LogP contribution in [0, 0.1) is 0 Å². The number of aryl methyl sites for hydroxylation is 1. The Kier molecular flexibility index (Phi) is 4.15. The zero-order valence-corrected chi connectivity index (χ0v) is 13.3. The minimum atomic E-state index is 0.459. The molecule has 0 amide bonds. The van der Waals surface area contributed by atoms with E-state index in [4.69, 9.17) is 0 Å². The molecule has 2 heterocycles. The van der Waals surface area contributed by atoms with Crippen LogP contribution in [0.1, 0.15) is 62.0 Å². The van der Waals surface area contributed by atoms with E-state index in [9.17, 15) is 0 Å². The van der Waals surface area contributed by atoms with Crippen molar-refractivity contribution in [1.82, 2.24) is 19.4 Å². The molecule has 21 heavy (non-hydrogen) atoms. The van der Waals surface area contributed by atoms with Crippen LogP contribution < -0.4 is 5.32 Å². The van der Waals surface area contributed by atoms with E-state index >= 15 is 0 Å². The van der Waals surface area contributed by atoms with Crippen molar-refractivity contribution in [3.05, 3.63) is 41.7 Å². The molecule has 2 aromatic heterocycles. The molecule has 1 aliphatic rings. The number of aromatic nitrogens is 3. The molecule has 1 atom stereocenters. The van der Waals surface area contributed by atoms with Crippen LogP contribution in [-0.2, 0) is 13.0 Å². The summed E-state index contributed by atoms with van der Waals surface area (Å²) in [6.45, 7) is 5.31. The Balaban J connectivity index is 1.86. The molecule has 3 rings (SSSR count). The second kappa shape index (κ2) is 6.06. The van der Waals surface area contributed by atoms with Crippen LogP contribution in [0.4, 0.5) is 0 Å². The Bertz CT molecular complexity index is 594. The first-order chi connectivity index (χ1) is 10.2. The Morgan fingerprint density at radius 2 is 2.19 bits per heavy atom. The van der Waals surface area contributed by atoms with E-state index in [0.29, 0.717) is 12.1 Å². The zero-order valence-electron chi connectivity index (χ0n) is 13.3. The number of fused-ring (bicyclic) bond motifs is 1. The predicted octanol–water partition coefficient (Wildman–Crippen LogP) is 3.30. The fourth-order valence-corrected chi connectivity index (χ4v) is 3.41. The average Bonchev–Trinajstić information content (AvgIpc) is 3.03. The van der Waals surface area contributed by atoms with E-state index in [1.54, 1.807) is 0 Å². The third-order valence-electron chi connectivity index (χ3n) is 4.56. The molecule has 1 aliphatic carbocycles. The zero-order chi connectivity index (χ0) is 14.8. The molecular weight excluding hydrogens is 260 g/mol. The summed E-state index contributed by atoms with van der Waals surface area (Å²) in [5.41, 5.74) is 4.28. The minimum absolute atomic E-state index is 0.459. The predicted molar refractivity (Wildman–Crippen MR) is 85.5 cm³/mol. The SMILES string of the molecule is CNC1CCCCc2cn(Cc3cncn3C(C)C)cc21. The smallest absolute Gasteiger partial charge is 0.0951 e. The summed E-state index contributed by atoms with van der Waals surface area (Å²) < 4.78 is 4.58. The van der Waals surface area contributed by atoms with Gasteiger partial charge in [0.1, 0.15) is 0 Å². The molecular formula is C17H26N4. The molecule has 4 heteroatoms. The van der Waals surface area contributed by atoms with Gasteiger partial charge in [-0.1, -0.05) is 6.42 Å². The summed E-state index contributed by atoms with van der Waals surface area (Å²) in [6, 6.07) is 0.972. The average molecular weight is 286 g/mol. The van der Waals surface area contributed by atoms with Crippen molar-refractivity contribution in [1.29, 1.82) is 0 Å². The van der Waals surface area contributed by atoms with Crippen molar-refractivity contribution >= 4 is 0 Å². The van der Waals surface area contributed by atoms with Crippen molar-refractivity contribution in [2.45, 2.75) is 58.2 Å². The van der Waals surface area contributed by atoms with Crippen molar-refractivity contribution < 1.29 is 0 Å². The topological polar surface area (TPSA) is 34.8 Å². The third-order valence-corrected chi connectivity index (χ3v) is 4.56. The summed E-state index contributed by atoms with van der Waals surface area (Å²) in [7, 11) is 2.07. The second-order valence-corrected chi connectivity index (χ2v) is 6.38. The van der Waals surface area contributed by atoms with Gasteiger partial charge >= 0.3 is 0 Å². The van der Waals surface area contributed by atoms with E-state index < -0.39 is 0 Å². The van der Waals surface area contributed by atoms with Gasteiger partial charge < -0.3 is 14.5 Å². The summed E-state index contributed by atoms with van der Waals surface area (Å²) in [5.74, 6) is 0. The van der Waals surface area contributed by atoms with Gasteiger partial charge in [0.05, 0.1) is 18.6 Å². The molecule has 1 unspecified atom stereocenters. The first kappa shape index (κ1) is 14.4. The number of hydrogen-bond acceptors (Lipinski definition) is 2. The lowest BCUT2D eigenvalue weighted by atomic mass is 10.1. The van der Waals surface area contributed by atoms with Gasteiger partial charge in [0.25, 0.3) is 0 Å². The summed E-state index contributed by atoms with van der Waals surface area (Å²) in [5, 5.41) is 3.47. The number of imidazole rings is 1. The van der Waals surface area contributed by atoms with Gasteiger partial charge in [-0.15, -0.1) is 0 Å². The van der Waals surface area contributed by atoms with Crippen LogP contribution >= 0.6 is 0 Å². The third kappa shape index (κ3) is 2.91. The van der Waals surface area contributed by atoms with E-state index in [0.717, 1.165) is 6.54 Å². The molecule has 4 nitrogen and oxygen atoms in total. The fourth-order valence-electron chi connectivity index (χ4n) is 3.41. The van der Waals surface area contributed by atoms with Crippen LogP contribution in [-0.4, -0.2) is 21.2 Å². The van der Waals surface area contributed by atoms with Crippen LogP contribution in [0.25, 0.3) is 0 Å². The lowest BCUT2D eigenvalue weighted by Crippen LogP contribution is -2.15. The standard InChI is InChI=1S/C17H26N4/c1-13(2)21-12-19-8-15(21)10-20-9-14-6-4-5-7-17(18-3)16(14)11-20/h8-9,11-13,17-18H,4-7,10H2,1-3H3. The van der Waals surface area contributed by atoms with Crippen molar-refractivity contribution in [3.8, 4) is 0 Å². The highest BCUT2D eigenvalue weighted by atomic mass is 15.1. The molecule has 0 aromatic carbocycles. The maximum absolute atomic E-state index is 4.30. The fraction of sp³-hybridized carbons (Fsp3) is 0.588. The first-order valence-electron chi connectivity index (χ1n) is 8.05. The highest BCUT2D eigenvalue weighted by molar-refractivity contribution is 5.29. The molecule has 1 N–H and O–H groups in total. The normalized spacial score (nSPS) is 18.8. The molecule has 0 saturated heterocycles. The molecule has 0 radical (unpaired) electrons. The van der Waals surface area contributed by atoms with E-state index in [2.05, 4.69) is 52.7 Å². The lowest BCUT2D eigenvalue weighted by molar-refractivity contribution is 0.529. The van der Waals surface area contributed by atoms with Gasteiger partial charge in [-0.05, 0) is 51.3 Å². The van der Waals surface area contributed by atoms with E-state index in [-0.39, 0.29) is 0 Å². The molecule has 114 valence electrons. The van der Waals surface area contributed by atoms with Gasteiger partial charge in [-0.2, -0.15) is 0 Å². The maximum Gasteiger partial charge on any atom is 0.0951 e. The molecule has 0 bridgehead atoms. The van der Waals surface area contributed by atoms with Crippen molar-refractivity contribution in [3.63, 3.8) is 0 Å². The van der Waals surface area contributed by atoms with E-state index in [1.165, 1.54) is 42.5 Å². The Labute approximate surface area is 127 Å². The van der Waals surface area contributed by atoms with Crippen molar-refractivity contribution in [2.24, 2.45) is 0 Å². The molecule has 0 aliphatic heterocycles. The minimum Gasteiger partial charge on any atom is -0.348 e. The van der Waals surface area contributed by atoms with Gasteiger partial charge in [0.15, 0.2) is 0 Å². The number of nitrogens with zero attached hydrogens (tertiary/aromatic N) is 3. The van der Waals surface area contributed by atoms with Gasteiger partial charge in [0.2, 0.25) is 0 Å². The second-order valence-electron chi connectivity index (χ2n) is 6.38. The lowest BCUT2D eigenvalue weighted by Gasteiger charge is -2.14. The van der Waals surface area contributed by atoms with Crippen LogP contribution in [0.2, 0.25) is 0 Å². The summed E-state index contributed by atoms with van der Waals surface area (Å²) >= 11 is 0. The quantitative estimate of drug-likeness (QED) is 0.875. The monoisotopic (exact) mass is 286 g/mol. The van der Waals surface area contributed by atoms with Gasteiger partial charge in [-0.25, -0.2) is 4.98 Å². The highest BCUT2D eigenvalue weighted by Crippen LogP contribution is 2.29. The van der Waals surface area contributed by atoms with Crippen LogP contribution in [0.3, 0.4) is 0 Å². The maximum atomic E-state index is 4.30. The molecule has 0 spiro atoms. The van der Waals surface area contributed by atoms with E-state index in [1.807, 2.05) is 12.5 Å². The van der Waals surface area contributed by atoms with Gasteiger partial charge in [-0.3, -0.25) is 0 Å². The number of nitrogens with one attached hydrogen (secondary N) is 1. The van der Waals surface area contributed by atoms with Crippen LogP contribution in [0.5, 0.6) is 0 Å². The number of rotatable bonds is 4. The first-order valence-corrected chi connectivity index (χ1v) is 8.05. The number of hydrogen-bond donors (Lipinski definition) is 1. The molecule has 0 fully saturated rings. The Morgan fingerprint density at radius 1 is 1.33 bits per heavy atom. The molecule has 2 aromatic rings. The summed E-state index contributed by atoms with van der Waals surface area (Å²) in [6.07, 6.45) is 13.7. The summed E-state index contributed by atoms with van der Waals surface area (Å²) in [4.78, 5) is 4.30. The van der Waals surface area contributed by atoms with Gasteiger partial charge in [0, 0.05) is 30.7 Å².